The van der Waals surface area contributed by atoms with Crippen LogP contribution in [0.15, 0.2) is 46.4 Å². The van der Waals surface area contributed by atoms with E-state index in [0.717, 1.165) is 12.1 Å². The Labute approximate surface area is 410 Å². The number of carboxylic acids is 1. The smallest absolute Gasteiger partial charge is 0.326 e. The highest BCUT2D eigenvalue weighted by atomic mass is 16.4. The lowest BCUT2D eigenvalue weighted by Crippen LogP contribution is -2.52. The standard InChI is InChI=1S/C42H61N15O15/c1-21(54-32(63)20-51-31(62)19-53-39(70)25(10-5-16-49-42(45)46)56-37(68)23-8-3-13-28(59)34(23)65)35(66)57-26(40(71)72)11-6-14-47-29(60)17-50-30(61)18-52-38(69)24(9-4-15-48-41(43)44)55-36(67)22-7-2-12-27(58)33(22)64/h2-3,7-8,12-13,21,24-26,58-59,64-65H,4-6,9-11,14-20H2,1H3,(H,47,60)(H,50,61)(H,51,62)(H,52,69)(H,53,70)(H,54,63)(H,55,67)(H,56,68)(H,57,66)(H,71,72)(H4,43,44,48)(H4,45,46,49)/t21-,24+,25+,26-/m0/s1. The maximum Gasteiger partial charge on any atom is 0.326 e. The number of nitrogens with two attached hydrogens (primary N) is 4. The molecule has 2 rings (SSSR count). The first-order valence-electron chi connectivity index (χ1n) is 21.9. The molecule has 0 spiro atoms. The summed E-state index contributed by atoms with van der Waals surface area (Å²) < 4.78 is 0. The number of carbonyl (C=O) groups is 10. The minimum atomic E-state index is -1.46. The van der Waals surface area contributed by atoms with Gasteiger partial charge in [0.25, 0.3) is 11.8 Å². The molecule has 0 aliphatic rings. The third-order valence-electron chi connectivity index (χ3n) is 9.77. The molecule has 0 aliphatic heterocycles. The average Bonchev–Trinajstić information content (AvgIpc) is 3.32. The van der Waals surface area contributed by atoms with E-state index in [1.54, 1.807) is 0 Å². The number of guanidine groups is 2. The van der Waals surface area contributed by atoms with E-state index in [-0.39, 0.29) is 81.2 Å². The molecule has 0 heterocycles. The van der Waals surface area contributed by atoms with E-state index in [4.69, 9.17) is 22.9 Å². The summed E-state index contributed by atoms with van der Waals surface area (Å²) in [6.45, 7) is -1.17. The van der Waals surface area contributed by atoms with Gasteiger partial charge in [0.15, 0.2) is 34.9 Å². The molecule has 0 unspecified atom stereocenters. The van der Waals surface area contributed by atoms with Gasteiger partial charge in [-0.2, -0.15) is 0 Å². The van der Waals surface area contributed by atoms with Crippen LogP contribution in [0.2, 0.25) is 0 Å². The topological polar surface area (TPSA) is 509 Å². The summed E-state index contributed by atoms with van der Waals surface area (Å²) in [4.78, 5) is 133. The third-order valence-corrected chi connectivity index (χ3v) is 9.77. The fraction of sp³-hybridized carbons (Fsp3) is 0.429. The monoisotopic (exact) mass is 1020 g/mol. The van der Waals surface area contributed by atoms with Crippen LogP contribution >= 0.6 is 0 Å². The summed E-state index contributed by atoms with van der Waals surface area (Å²) in [6, 6.07) is 2.02. The number of aromatic hydroxyl groups is 4. The first-order chi connectivity index (χ1) is 34.0. The largest absolute Gasteiger partial charge is 0.504 e. The van der Waals surface area contributed by atoms with Crippen LogP contribution in [0, 0.1) is 0 Å². The zero-order valence-corrected chi connectivity index (χ0v) is 39.0. The van der Waals surface area contributed by atoms with Gasteiger partial charge in [-0.3, -0.25) is 53.1 Å². The number of carbonyl (C=O) groups excluding carboxylic acids is 9. The summed E-state index contributed by atoms with van der Waals surface area (Å²) in [5, 5.41) is 70.2. The first-order valence-corrected chi connectivity index (χ1v) is 21.9. The number of carboxylic acid groups (broad SMARTS) is 1. The molecule has 22 N–H and O–H groups in total. The summed E-state index contributed by atoms with van der Waals surface area (Å²) in [5.74, 6) is -12.0. The molecule has 9 amide bonds. The van der Waals surface area contributed by atoms with Gasteiger partial charge in [-0.05, 0) is 69.7 Å². The fourth-order valence-corrected chi connectivity index (χ4v) is 6.02. The number of amides is 9. The van der Waals surface area contributed by atoms with Crippen molar-refractivity contribution in [1.82, 2.24) is 47.9 Å². The molecule has 0 fully saturated rings. The van der Waals surface area contributed by atoms with Crippen LogP contribution in [0.25, 0.3) is 0 Å². The highest BCUT2D eigenvalue weighted by Crippen LogP contribution is 2.29. The predicted molar refractivity (Wildman–Crippen MR) is 253 cm³/mol. The second-order valence-electron chi connectivity index (χ2n) is 15.5. The van der Waals surface area contributed by atoms with Gasteiger partial charge in [0, 0.05) is 19.6 Å². The van der Waals surface area contributed by atoms with Crippen LogP contribution in [0.5, 0.6) is 23.0 Å². The Hall–Kier alpha value is -9.12. The van der Waals surface area contributed by atoms with Gasteiger partial charge >= 0.3 is 5.97 Å². The molecule has 2 aromatic carbocycles. The number of hydrogen-bond acceptors (Lipinski definition) is 16. The highest BCUT2D eigenvalue weighted by Gasteiger charge is 2.27. The summed E-state index contributed by atoms with van der Waals surface area (Å²) in [5.41, 5.74) is 20.6. The van der Waals surface area contributed by atoms with Crippen molar-refractivity contribution in [3.63, 3.8) is 0 Å². The minimum Gasteiger partial charge on any atom is -0.504 e. The summed E-state index contributed by atoms with van der Waals surface area (Å²) in [7, 11) is 0. The SMILES string of the molecule is C[C@H](NC(=O)CNC(=O)CNC(=O)[C@@H](CCCN=C(N)N)NC(=O)c1cccc(O)c1O)C(=O)N[C@@H](CCCNC(=O)CNC(=O)CNC(=O)[C@@H](CCCN=C(N)N)NC(=O)c1cccc(O)c1O)C(=O)O. The number of phenolic OH excluding ortho intramolecular Hbond substituents is 4. The Morgan fingerprint density at radius 2 is 0.903 bits per heavy atom. The van der Waals surface area contributed by atoms with E-state index >= 15 is 0 Å². The van der Waals surface area contributed by atoms with E-state index in [1.807, 2.05) is 0 Å². The second kappa shape index (κ2) is 30.4. The van der Waals surface area contributed by atoms with E-state index in [1.165, 1.54) is 31.2 Å². The zero-order chi connectivity index (χ0) is 53.9. The molecule has 394 valence electrons. The van der Waals surface area contributed by atoms with Gasteiger partial charge in [0.05, 0.1) is 37.3 Å². The van der Waals surface area contributed by atoms with Crippen molar-refractivity contribution >= 4 is 71.1 Å². The maximum absolute atomic E-state index is 13.0. The van der Waals surface area contributed by atoms with E-state index in [0.29, 0.717) is 0 Å². The van der Waals surface area contributed by atoms with Crippen LogP contribution < -0.4 is 70.8 Å². The molecule has 0 radical (unpaired) electrons. The van der Waals surface area contributed by atoms with E-state index in [2.05, 4.69) is 57.8 Å². The van der Waals surface area contributed by atoms with Crippen molar-refractivity contribution < 1.29 is 73.5 Å². The van der Waals surface area contributed by atoms with Crippen molar-refractivity contribution in [3.8, 4) is 23.0 Å². The Kier molecular flexibility index (Phi) is 24.9. The Bertz CT molecular complexity index is 2340. The van der Waals surface area contributed by atoms with Crippen molar-refractivity contribution in [3.05, 3.63) is 47.5 Å². The summed E-state index contributed by atoms with van der Waals surface area (Å²) >= 11 is 0. The number of phenols is 4. The Morgan fingerprint density at radius 1 is 0.500 bits per heavy atom. The lowest BCUT2D eigenvalue weighted by molar-refractivity contribution is -0.142. The van der Waals surface area contributed by atoms with Crippen LogP contribution in [0.3, 0.4) is 0 Å². The third kappa shape index (κ3) is 21.9. The molecule has 72 heavy (non-hydrogen) atoms. The molecule has 0 saturated carbocycles. The number of rotatable bonds is 30. The van der Waals surface area contributed by atoms with E-state index < -0.39 is 132 Å². The van der Waals surface area contributed by atoms with Crippen molar-refractivity contribution in [2.45, 2.75) is 69.6 Å². The molecule has 30 nitrogen and oxygen atoms in total. The number of benzene rings is 2. The summed E-state index contributed by atoms with van der Waals surface area (Å²) in [6.07, 6.45) is 0.218. The molecular weight excluding hydrogens is 955 g/mol. The number of aliphatic imine (C=N–C) groups is 2. The molecule has 0 aromatic heterocycles. The lowest BCUT2D eigenvalue weighted by atomic mass is 10.1. The van der Waals surface area contributed by atoms with Gasteiger partial charge in [-0.1, -0.05) is 12.1 Å². The van der Waals surface area contributed by atoms with Crippen LogP contribution in [-0.4, -0.2) is 167 Å². The Balaban J connectivity index is 1.77. The number of nitrogens with one attached hydrogen (secondary N) is 9. The molecule has 4 atom stereocenters. The normalized spacial score (nSPS) is 12.1. The molecule has 2 aromatic rings. The molecular formula is C42H61N15O15. The van der Waals surface area contributed by atoms with Gasteiger partial charge in [0.1, 0.15) is 24.2 Å². The van der Waals surface area contributed by atoms with Crippen molar-refractivity contribution in [1.29, 1.82) is 0 Å². The molecule has 0 saturated heterocycles. The van der Waals surface area contributed by atoms with Crippen molar-refractivity contribution in [2.75, 3.05) is 45.8 Å². The fourth-order valence-electron chi connectivity index (χ4n) is 6.02. The van der Waals surface area contributed by atoms with Gasteiger partial charge < -0.3 is 96.3 Å². The van der Waals surface area contributed by atoms with Gasteiger partial charge in [-0.15, -0.1) is 0 Å². The molecule has 30 heteroatoms. The lowest BCUT2D eigenvalue weighted by Gasteiger charge is -2.19. The van der Waals surface area contributed by atoms with Crippen LogP contribution in [0.1, 0.15) is 66.2 Å². The maximum atomic E-state index is 13.0. The predicted octanol–water partition coefficient (Wildman–Crippen LogP) is -6.05. The van der Waals surface area contributed by atoms with Gasteiger partial charge in [0.2, 0.25) is 41.4 Å². The molecule has 0 aliphatic carbocycles. The average molecular weight is 1020 g/mol. The van der Waals surface area contributed by atoms with Crippen molar-refractivity contribution in [2.24, 2.45) is 32.9 Å². The molecule has 0 bridgehead atoms. The number of aliphatic carboxylic acids is 1. The van der Waals surface area contributed by atoms with Crippen LogP contribution in [0.4, 0.5) is 0 Å². The zero-order valence-electron chi connectivity index (χ0n) is 39.0. The number of hydrogen-bond donors (Lipinski definition) is 18. The Morgan fingerprint density at radius 3 is 1.33 bits per heavy atom. The highest BCUT2D eigenvalue weighted by molar-refractivity contribution is 6.02. The number of nitrogens with zero attached hydrogens (tertiary/aromatic N) is 2. The van der Waals surface area contributed by atoms with E-state index in [9.17, 15) is 73.5 Å². The first kappa shape index (κ1) is 59.0. The minimum absolute atomic E-state index is 0.00732. The quantitative estimate of drug-likeness (QED) is 0.0150. The number of para-hydroxylation sites is 2. The van der Waals surface area contributed by atoms with Crippen LogP contribution in [-0.2, 0) is 38.4 Å². The second-order valence-corrected chi connectivity index (χ2v) is 15.5. The van der Waals surface area contributed by atoms with Gasteiger partial charge in [-0.25, -0.2) is 4.79 Å².